The van der Waals surface area contributed by atoms with Crippen LogP contribution in [0.3, 0.4) is 0 Å². The van der Waals surface area contributed by atoms with Gasteiger partial charge in [0.25, 0.3) is 11.8 Å². The van der Waals surface area contributed by atoms with Crippen molar-refractivity contribution in [3.63, 3.8) is 0 Å². The number of amides is 4. The molecule has 1 fully saturated rings. The summed E-state index contributed by atoms with van der Waals surface area (Å²) in [6, 6.07) is 34.1. The zero-order valence-electron chi connectivity index (χ0n) is 36.5. The van der Waals surface area contributed by atoms with Crippen LogP contribution in [-0.2, 0) is 22.6 Å². The van der Waals surface area contributed by atoms with Gasteiger partial charge in [0.05, 0.1) is 12.2 Å². The van der Waals surface area contributed by atoms with Crippen molar-refractivity contribution in [3.8, 4) is 28.0 Å². The number of carbonyl (C=O) groups is 4. The number of nitrogens with one attached hydrogen (secondary N) is 3. The van der Waals surface area contributed by atoms with E-state index in [4.69, 9.17) is 14.2 Å². The van der Waals surface area contributed by atoms with Gasteiger partial charge in [0, 0.05) is 62.1 Å². The fourth-order valence-corrected chi connectivity index (χ4v) is 7.44. The number of carbonyl (C=O) groups excluding carboxylic acids is 4. The molecule has 0 bridgehead atoms. The van der Waals surface area contributed by atoms with Crippen LogP contribution in [-0.4, -0.2) is 79.9 Å². The van der Waals surface area contributed by atoms with Crippen molar-refractivity contribution in [1.29, 1.82) is 0 Å². The van der Waals surface area contributed by atoms with Crippen LogP contribution in [0.1, 0.15) is 72.9 Å². The van der Waals surface area contributed by atoms with E-state index in [1.165, 1.54) is 18.2 Å². The van der Waals surface area contributed by atoms with E-state index in [0.717, 1.165) is 22.3 Å². The summed E-state index contributed by atoms with van der Waals surface area (Å²) < 4.78 is 31.4. The Morgan fingerprint density at radius 1 is 0.714 bits per heavy atom. The predicted octanol–water partition coefficient (Wildman–Crippen LogP) is 8.98. The monoisotopic (exact) mass is 857 g/mol. The van der Waals surface area contributed by atoms with Crippen molar-refractivity contribution < 1.29 is 37.8 Å². The maximum Gasteiger partial charge on any atom is 0.407 e. The van der Waals surface area contributed by atoms with Crippen LogP contribution in [0.25, 0.3) is 22.3 Å². The summed E-state index contributed by atoms with van der Waals surface area (Å²) in [7, 11) is 0. The highest BCUT2D eigenvalue weighted by Gasteiger charge is 2.32. The van der Waals surface area contributed by atoms with Crippen LogP contribution in [0, 0.1) is 5.82 Å². The number of para-hydroxylation sites is 1. The molecule has 13 heteroatoms. The Balaban J connectivity index is 1.18. The van der Waals surface area contributed by atoms with Crippen molar-refractivity contribution in [2.75, 3.05) is 44.2 Å². The fourth-order valence-electron chi connectivity index (χ4n) is 7.44. The minimum Gasteiger partial charge on any atom is -0.493 e. The van der Waals surface area contributed by atoms with Gasteiger partial charge in [0.2, 0.25) is 0 Å². The number of hydrogen-bond donors (Lipinski definition) is 3. The number of rotatable bonds is 15. The number of piperazine rings is 1. The molecule has 6 rings (SSSR count). The lowest BCUT2D eigenvalue weighted by atomic mass is 9.96. The Morgan fingerprint density at radius 3 is 2.16 bits per heavy atom. The third-order valence-electron chi connectivity index (χ3n) is 10.5. The van der Waals surface area contributed by atoms with Crippen LogP contribution < -0.4 is 25.6 Å². The zero-order chi connectivity index (χ0) is 44.9. The number of halogens is 1. The van der Waals surface area contributed by atoms with Crippen LogP contribution in [0.2, 0.25) is 0 Å². The van der Waals surface area contributed by atoms with E-state index in [2.05, 4.69) is 20.9 Å². The third-order valence-corrected chi connectivity index (χ3v) is 10.5. The standard InChI is InChI=1S/C50H56FN5O7/c1-6-39-32-55(47(58)41-23-22-38(51)30-42(41)36-19-17-34(18-20-36)31-54-49(60)63-50(3,4)5)27-28-56(39)44-24-21-37(40-15-11-12-16-45(40)61-7-2)29-43(44)46(57)52-25-26-53-48(59)62-33-35-13-9-8-10-14-35/h8-24,29-30,39H,6-7,25-28,31-33H2,1-5H3,(H,52,57)(H,53,59)(H,54,60)/t39-/m1/s1. The average Bonchev–Trinajstić information content (AvgIpc) is 3.28. The van der Waals surface area contributed by atoms with Gasteiger partial charge in [-0.25, -0.2) is 14.0 Å². The molecule has 5 aromatic carbocycles. The molecular formula is C50H56FN5O7. The highest BCUT2D eigenvalue weighted by atomic mass is 19.1. The van der Waals surface area contributed by atoms with Gasteiger partial charge >= 0.3 is 12.2 Å². The van der Waals surface area contributed by atoms with Crippen molar-refractivity contribution in [1.82, 2.24) is 20.9 Å². The molecule has 1 saturated heterocycles. The second-order valence-corrected chi connectivity index (χ2v) is 16.2. The van der Waals surface area contributed by atoms with E-state index in [1.54, 1.807) is 37.8 Å². The lowest BCUT2D eigenvalue weighted by molar-refractivity contribution is 0.0523. The second kappa shape index (κ2) is 21.3. The van der Waals surface area contributed by atoms with E-state index in [9.17, 15) is 23.6 Å². The molecule has 12 nitrogen and oxygen atoms in total. The molecule has 0 radical (unpaired) electrons. The Hall–Kier alpha value is -6.89. The molecule has 0 saturated carbocycles. The molecule has 1 aliphatic heterocycles. The van der Waals surface area contributed by atoms with Crippen LogP contribution in [0.15, 0.2) is 115 Å². The van der Waals surface area contributed by atoms with Gasteiger partial charge < -0.3 is 40.0 Å². The summed E-state index contributed by atoms with van der Waals surface area (Å²) in [6.07, 6.45) is -0.445. The molecule has 63 heavy (non-hydrogen) atoms. The lowest BCUT2D eigenvalue weighted by Gasteiger charge is -2.43. The Labute approximate surface area is 368 Å². The zero-order valence-corrected chi connectivity index (χ0v) is 36.5. The minimum absolute atomic E-state index is 0.132. The van der Waals surface area contributed by atoms with Crippen molar-refractivity contribution in [3.05, 3.63) is 143 Å². The largest absolute Gasteiger partial charge is 0.493 e. The van der Waals surface area contributed by atoms with Gasteiger partial charge in [-0.3, -0.25) is 9.59 Å². The van der Waals surface area contributed by atoms with Gasteiger partial charge in [0.1, 0.15) is 23.8 Å². The van der Waals surface area contributed by atoms with Crippen molar-refractivity contribution in [2.24, 2.45) is 0 Å². The summed E-state index contributed by atoms with van der Waals surface area (Å²) in [5.41, 5.74) is 5.33. The summed E-state index contributed by atoms with van der Waals surface area (Å²) in [5, 5.41) is 8.41. The fraction of sp³-hybridized carbons (Fsp3) is 0.320. The molecule has 5 aromatic rings. The minimum atomic E-state index is -0.622. The molecular weight excluding hydrogens is 802 g/mol. The van der Waals surface area contributed by atoms with E-state index < -0.39 is 23.6 Å². The van der Waals surface area contributed by atoms with E-state index in [-0.39, 0.29) is 44.1 Å². The van der Waals surface area contributed by atoms with E-state index in [0.29, 0.717) is 66.4 Å². The maximum atomic E-state index is 14.8. The normalized spacial score (nSPS) is 13.8. The quantitative estimate of drug-likeness (QED) is 0.0888. The van der Waals surface area contributed by atoms with E-state index in [1.807, 2.05) is 98.8 Å². The summed E-state index contributed by atoms with van der Waals surface area (Å²) in [4.78, 5) is 57.0. The number of alkyl carbamates (subject to hydrolysis) is 2. The smallest absolute Gasteiger partial charge is 0.407 e. The molecule has 0 aromatic heterocycles. The van der Waals surface area contributed by atoms with Crippen LogP contribution >= 0.6 is 0 Å². The first-order chi connectivity index (χ1) is 30.3. The first-order valence-electron chi connectivity index (χ1n) is 21.3. The molecule has 3 N–H and O–H groups in total. The number of hydrogen-bond acceptors (Lipinski definition) is 8. The molecule has 1 aliphatic rings. The molecule has 0 unspecified atom stereocenters. The maximum absolute atomic E-state index is 14.8. The second-order valence-electron chi connectivity index (χ2n) is 16.2. The number of benzene rings is 5. The topological polar surface area (TPSA) is 139 Å². The molecule has 330 valence electrons. The Kier molecular flexibility index (Phi) is 15.4. The van der Waals surface area contributed by atoms with Gasteiger partial charge in [-0.15, -0.1) is 0 Å². The highest BCUT2D eigenvalue weighted by molar-refractivity contribution is 6.02. The molecule has 1 heterocycles. The highest BCUT2D eigenvalue weighted by Crippen LogP contribution is 2.36. The van der Waals surface area contributed by atoms with Crippen LogP contribution in [0.5, 0.6) is 5.75 Å². The van der Waals surface area contributed by atoms with Crippen molar-refractivity contribution >= 4 is 29.7 Å². The van der Waals surface area contributed by atoms with Gasteiger partial charge in [-0.05, 0) is 98.3 Å². The molecule has 1 atom stereocenters. The summed E-state index contributed by atoms with van der Waals surface area (Å²) >= 11 is 0. The molecule has 0 aliphatic carbocycles. The lowest BCUT2D eigenvalue weighted by Crippen LogP contribution is -2.55. The predicted molar refractivity (Wildman–Crippen MR) is 242 cm³/mol. The third kappa shape index (κ3) is 12.4. The average molecular weight is 858 g/mol. The number of nitrogens with zero attached hydrogens (tertiary/aromatic N) is 2. The van der Waals surface area contributed by atoms with E-state index >= 15 is 0 Å². The van der Waals surface area contributed by atoms with Crippen molar-refractivity contribution in [2.45, 2.75) is 65.8 Å². The van der Waals surface area contributed by atoms with Gasteiger partial charge in [-0.2, -0.15) is 0 Å². The SMILES string of the molecule is CCOc1ccccc1-c1ccc(N2CCN(C(=O)c3ccc(F)cc3-c3ccc(CNC(=O)OC(C)(C)C)cc3)C[C@H]2CC)c(C(=O)NCCNC(=O)OCc2ccccc2)c1. The van der Waals surface area contributed by atoms with Gasteiger partial charge in [0.15, 0.2) is 0 Å². The van der Waals surface area contributed by atoms with Gasteiger partial charge in [-0.1, -0.05) is 85.8 Å². The first kappa shape index (κ1) is 45.6. The number of ether oxygens (including phenoxy) is 3. The van der Waals surface area contributed by atoms with Crippen LogP contribution in [0.4, 0.5) is 19.7 Å². The number of anilines is 1. The molecule has 0 spiro atoms. The Bertz CT molecular complexity index is 2370. The summed E-state index contributed by atoms with van der Waals surface area (Å²) in [6.45, 7) is 11.7. The first-order valence-corrected chi connectivity index (χ1v) is 21.3. The summed E-state index contributed by atoms with van der Waals surface area (Å²) in [5.74, 6) is -0.321. The Morgan fingerprint density at radius 2 is 1.43 bits per heavy atom. The molecule has 4 amide bonds.